The van der Waals surface area contributed by atoms with Crippen molar-refractivity contribution in [1.29, 1.82) is 0 Å². The second kappa shape index (κ2) is 7.49. The van der Waals surface area contributed by atoms with Crippen molar-refractivity contribution in [2.75, 3.05) is 26.2 Å². The molecule has 24 heavy (non-hydrogen) atoms. The van der Waals surface area contributed by atoms with Gasteiger partial charge in [-0.25, -0.2) is 4.98 Å². The normalized spacial score (nSPS) is 16.4. The average Bonchev–Trinajstić information content (AvgIpc) is 3.06. The number of hydrogen-bond donors (Lipinski definition) is 0. The van der Waals surface area contributed by atoms with Crippen molar-refractivity contribution in [3.8, 4) is 0 Å². The van der Waals surface area contributed by atoms with Crippen LogP contribution in [0.2, 0.25) is 0 Å². The Morgan fingerprint density at radius 2 is 2.08 bits per heavy atom. The summed E-state index contributed by atoms with van der Waals surface area (Å²) >= 11 is 1.71. The summed E-state index contributed by atoms with van der Waals surface area (Å²) in [5, 5.41) is 0. The molecule has 1 aliphatic rings. The van der Waals surface area contributed by atoms with Crippen molar-refractivity contribution in [3.05, 3.63) is 39.6 Å². The van der Waals surface area contributed by atoms with Crippen molar-refractivity contribution < 1.29 is 4.79 Å². The first-order valence-corrected chi connectivity index (χ1v) is 9.48. The van der Waals surface area contributed by atoms with Gasteiger partial charge in [0, 0.05) is 54.9 Å². The van der Waals surface area contributed by atoms with E-state index < -0.39 is 0 Å². The summed E-state index contributed by atoms with van der Waals surface area (Å²) in [5.41, 5.74) is 0.882. The largest absolute Gasteiger partial charge is 0.337 e. The van der Waals surface area contributed by atoms with E-state index in [0.29, 0.717) is 0 Å². The third kappa shape index (κ3) is 3.70. The van der Waals surface area contributed by atoms with E-state index >= 15 is 0 Å². The number of hydrogen-bond acceptors (Lipinski definition) is 4. The number of aryl methyl sites for hydroxylation is 3. The zero-order valence-corrected chi connectivity index (χ0v) is 15.6. The summed E-state index contributed by atoms with van der Waals surface area (Å²) in [6.07, 6.45) is 4.92. The molecule has 1 amide bonds. The van der Waals surface area contributed by atoms with Crippen LogP contribution in [0.15, 0.2) is 18.5 Å². The predicted octanol–water partition coefficient (Wildman–Crippen LogP) is 2.93. The van der Waals surface area contributed by atoms with E-state index in [1.165, 1.54) is 4.88 Å². The first-order valence-electron chi connectivity index (χ1n) is 8.67. The fourth-order valence-electron chi connectivity index (χ4n) is 3.33. The molecule has 6 heteroatoms. The van der Waals surface area contributed by atoms with E-state index in [-0.39, 0.29) is 5.91 Å². The first-order chi connectivity index (χ1) is 11.6. The van der Waals surface area contributed by atoms with Gasteiger partial charge < -0.3 is 9.47 Å². The average molecular weight is 347 g/mol. The number of carbonyl (C=O) groups excluding carboxylic acids is 1. The minimum atomic E-state index is 0.189. The molecule has 5 nitrogen and oxygen atoms in total. The van der Waals surface area contributed by atoms with Gasteiger partial charge in [-0.15, -0.1) is 11.3 Å². The molecule has 0 saturated carbocycles. The maximum absolute atomic E-state index is 12.8. The lowest BCUT2D eigenvalue weighted by Crippen LogP contribution is -2.35. The number of aromatic nitrogens is 2. The van der Waals surface area contributed by atoms with Gasteiger partial charge in [-0.1, -0.05) is 0 Å². The molecule has 0 aromatic carbocycles. The molecule has 0 radical (unpaired) electrons. The molecular formula is C18H26N4OS. The first kappa shape index (κ1) is 17.2. The molecule has 0 atom stereocenters. The van der Waals surface area contributed by atoms with Gasteiger partial charge in [0.05, 0.1) is 12.1 Å². The lowest BCUT2D eigenvalue weighted by molar-refractivity contribution is 0.0761. The summed E-state index contributed by atoms with van der Waals surface area (Å²) in [4.78, 5) is 24.0. The van der Waals surface area contributed by atoms with Crippen molar-refractivity contribution in [2.24, 2.45) is 0 Å². The van der Waals surface area contributed by atoms with Crippen LogP contribution in [0.25, 0.3) is 0 Å². The fourth-order valence-corrected chi connectivity index (χ4v) is 4.24. The lowest BCUT2D eigenvalue weighted by atomic mass is 10.2. The number of rotatable bonds is 4. The van der Waals surface area contributed by atoms with Gasteiger partial charge in [0.2, 0.25) is 0 Å². The molecule has 0 aliphatic carbocycles. The van der Waals surface area contributed by atoms with E-state index in [2.05, 4.69) is 28.3 Å². The van der Waals surface area contributed by atoms with Gasteiger partial charge in [0.1, 0.15) is 5.82 Å². The summed E-state index contributed by atoms with van der Waals surface area (Å²) < 4.78 is 2.19. The van der Waals surface area contributed by atoms with Gasteiger partial charge in [0.25, 0.3) is 5.91 Å². The highest BCUT2D eigenvalue weighted by Crippen LogP contribution is 2.22. The van der Waals surface area contributed by atoms with Crippen LogP contribution in [0.3, 0.4) is 0 Å². The summed E-state index contributed by atoms with van der Waals surface area (Å²) in [6.45, 7) is 11.6. The van der Waals surface area contributed by atoms with Crippen molar-refractivity contribution in [2.45, 2.75) is 40.3 Å². The minimum Gasteiger partial charge on any atom is -0.337 e. The maximum Gasteiger partial charge on any atom is 0.255 e. The monoisotopic (exact) mass is 346 g/mol. The predicted molar refractivity (Wildman–Crippen MR) is 97.5 cm³/mol. The molecule has 130 valence electrons. The van der Waals surface area contributed by atoms with Crippen LogP contribution >= 0.6 is 11.3 Å². The zero-order valence-electron chi connectivity index (χ0n) is 14.8. The Balaban J connectivity index is 1.62. The second-order valence-electron chi connectivity index (χ2n) is 6.38. The fraction of sp³-hybridized carbons (Fsp3) is 0.556. The molecule has 2 aromatic heterocycles. The number of imidazole rings is 1. The molecule has 1 fully saturated rings. The number of thiophene rings is 1. The SMILES string of the molecule is CCn1ccnc1CN1CCCN(C(=O)c2cc(C)sc2C)CC1. The Hall–Kier alpha value is -1.66. The maximum atomic E-state index is 12.8. The van der Waals surface area contributed by atoms with E-state index in [9.17, 15) is 4.79 Å². The van der Waals surface area contributed by atoms with E-state index in [4.69, 9.17) is 0 Å². The molecule has 2 aromatic rings. The quantitative estimate of drug-likeness (QED) is 0.855. The third-order valence-electron chi connectivity index (χ3n) is 4.65. The van der Waals surface area contributed by atoms with Gasteiger partial charge >= 0.3 is 0 Å². The number of amides is 1. The smallest absolute Gasteiger partial charge is 0.255 e. The Morgan fingerprint density at radius 3 is 2.79 bits per heavy atom. The van der Waals surface area contributed by atoms with Crippen LogP contribution in [0.1, 0.15) is 39.3 Å². The molecule has 0 N–H and O–H groups in total. The van der Waals surface area contributed by atoms with E-state index in [1.54, 1.807) is 11.3 Å². The van der Waals surface area contributed by atoms with Crippen LogP contribution in [0.4, 0.5) is 0 Å². The molecule has 3 heterocycles. The molecule has 1 aliphatic heterocycles. The molecular weight excluding hydrogens is 320 g/mol. The number of carbonyl (C=O) groups is 1. The highest BCUT2D eigenvalue weighted by atomic mass is 32.1. The van der Waals surface area contributed by atoms with Crippen LogP contribution < -0.4 is 0 Å². The van der Waals surface area contributed by atoms with Gasteiger partial charge in [-0.05, 0) is 33.3 Å². The summed E-state index contributed by atoms with van der Waals surface area (Å²) in [5.74, 6) is 1.30. The van der Waals surface area contributed by atoms with Crippen LogP contribution in [-0.2, 0) is 13.1 Å². The van der Waals surface area contributed by atoms with E-state index in [0.717, 1.165) is 62.0 Å². The van der Waals surface area contributed by atoms with Gasteiger partial charge in [-0.3, -0.25) is 9.69 Å². The summed E-state index contributed by atoms with van der Waals surface area (Å²) in [6, 6.07) is 2.03. The van der Waals surface area contributed by atoms with Gasteiger partial charge in [0.15, 0.2) is 0 Å². The Labute approximate surface area is 147 Å². The highest BCUT2D eigenvalue weighted by Gasteiger charge is 2.23. The molecule has 0 spiro atoms. The molecule has 0 bridgehead atoms. The Bertz CT molecular complexity index is 706. The Morgan fingerprint density at radius 1 is 1.25 bits per heavy atom. The topological polar surface area (TPSA) is 41.4 Å². The summed E-state index contributed by atoms with van der Waals surface area (Å²) in [7, 11) is 0. The molecule has 3 rings (SSSR count). The zero-order chi connectivity index (χ0) is 17.1. The second-order valence-corrected chi connectivity index (χ2v) is 7.84. The molecule has 1 saturated heterocycles. The van der Waals surface area contributed by atoms with Crippen molar-refractivity contribution >= 4 is 17.2 Å². The molecule has 0 unspecified atom stereocenters. The third-order valence-corrected chi connectivity index (χ3v) is 5.62. The van der Waals surface area contributed by atoms with Gasteiger partial charge in [-0.2, -0.15) is 0 Å². The standard InChI is InChI=1S/C18H26N4OS/c1-4-21-9-6-19-17(21)13-20-7-5-8-22(11-10-20)18(23)16-12-14(2)24-15(16)3/h6,9,12H,4-5,7-8,10-11,13H2,1-3H3. The number of nitrogens with zero attached hydrogens (tertiary/aromatic N) is 4. The lowest BCUT2D eigenvalue weighted by Gasteiger charge is -2.22. The van der Waals surface area contributed by atoms with Crippen LogP contribution in [0.5, 0.6) is 0 Å². The van der Waals surface area contributed by atoms with Crippen molar-refractivity contribution in [3.63, 3.8) is 0 Å². The highest BCUT2D eigenvalue weighted by molar-refractivity contribution is 7.12. The van der Waals surface area contributed by atoms with Crippen LogP contribution in [-0.4, -0.2) is 51.4 Å². The Kier molecular flexibility index (Phi) is 5.36. The minimum absolute atomic E-state index is 0.189. The van der Waals surface area contributed by atoms with Crippen molar-refractivity contribution in [1.82, 2.24) is 19.4 Å². The van der Waals surface area contributed by atoms with E-state index in [1.807, 2.05) is 30.3 Å². The van der Waals surface area contributed by atoms with Crippen LogP contribution in [0, 0.1) is 13.8 Å².